The number of alkyl halides is 3. The number of nitrogens with one attached hydrogen (secondary N) is 2. The summed E-state index contributed by atoms with van der Waals surface area (Å²) >= 11 is 1.64. The lowest BCUT2D eigenvalue weighted by Crippen LogP contribution is -2.59. The van der Waals surface area contributed by atoms with E-state index in [-0.39, 0.29) is 18.4 Å². The number of carbonyl (C=O) groups excluding carboxylic acids is 2. The van der Waals surface area contributed by atoms with Gasteiger partial charge in [0.1, 0.15) is 12.1 Å². The summed E-state index contributed by atoms with van der Waals surface area (Å²) in [6.45, 7) is 3.97. The normalized spacial score (nSPS) is 17.1. The Hall–Kier alpha value is -3.70. The van der Waals surface area contributed by atoms with E-state index in [4.69, 9.17) is 20.1 Å². The van der Waals surface area contributed by atoms with Gasteiger partial charge in [0.05, 0.1) is 11.8 Å². The number of amides is 2. The molecule has 216 valence electrons. The van der Waals surface area contributed by atoms with Crippen molar-refractivity contribution in [2.24, 2.45) is 0 Å². The molecule has 1 saturated carbocycles. The number of carboxylic acid groups (broad SMARTS) is 1. The number of carboxylic acids is 1. The molecule has 14 heteroatoms. The molecule has 2 amide bonds. The van der Waals surface area contributed by atoms with Crippen LogP contribution >= 0.6 is 11.3 Å². The smallest absolute Gasteiger partial charge is 0.475 e. The van der Waals surface area contributed by atoms with Crippen LogP contribution in [-0.2, 0) is 9.59 Å². The second-order valence-electron chi connectivity index (χ2n) is 9.62. The highest BCUT2D eigenvalue weighted by atomic mass is 32.1. The highest BCUT2D eigenvalue weighted by molar-refractivity contribution is 7.14. The molecule has 1 aromatic carbocycles. The van der Waals surface area contributed by atoms with Gasteiger partial charge >= 0.3 is 12.1 Å². The van der Waals surface area contributed by atoms with Gasteiger partial charge in [0, 0.05) is 42.7 Å². The summed E-state index contributed by atoms with van der Waals surface area (Å²) in [4.78, 5) is 44.1. The number of piperazine rings is 1. The van der Waals surface area contributed by atoms with Gasteiger partial charge in [-0.15, -0.1) is 11.3 Å². The van der Waals surface area contributed by atoms with E-state index in [1.54, 1.807) is 23.5 Å². The number of hydrogen-bond acceptors (Lipinski definition) is 8. The van der Waals surface area contributed by atoms with Crippen molar-refractivity contribution in [1.82, 2.24) is 20.5 Å². The monoisotopic (exact) mass is 580 g/mol. The fourth-order valence-electron chi connectivity index (χ4n) is 4.47. The molecule has 0 bridgehead atoms. The van der Waals surface area contributed by atoms with E-state index < -0.39 is 17.7 Å². The van der Waals surface area contributed by atoms with Gasteiger partial charge in [0.25, 0.3) is 5.91 Å². The summed E-state index contributed by atoms with van der Waals surface area (Å²) in [5.41, 5.74) is 1.42. The zero-order valence-electron chi connectivity index (χ0n) is 22.0. The molecule has 1 aliphatic carbocycles. The second-order valence-corrected chi connectivity index (χ2v) is 10.5. The number of rotatable bonds is 6. The Labute approximate surface area is 233 Å². The summed E-state index contributed by atoms with van der Waals surface area (Å²) < 4.78 is 31.7. The lowest BCUT2D eigenvalue weighted by Gasteiger charge is -2.36. The Balaban J connectivity index is 0.000000559. The second kappa shape index (κ2) is 13.6. The first-order valence-electron chi connectivity index (χ1n) is 12.7. The van der Waals surface area contributed by atoms with Crippen molar-refractivity contribution in [3.05, 3.63) is 35.2 Å². The van der Waals surface area contributed by atoms with Gasteiger partial charge in [-0.05, 0) is 32.0 Å². The zero-order valence-corrected chi connectivity index (χ0v) is 22.8. The van der Waals surface area contributed by atoms with Crippen LogP contribution in [0, 0.1) is 11.3 Å². The summed E-state index contributed by atoms with van der Waals surface area (Å²) in [7, 11) is 2.14. The van der Waals surface area contributed by atoms with Gasteiger partial charge in [-0.2, -0.15) is 18.4 Å². The van der Waals surface area contributed by atoms with E-state index in [1.807, 2.05) is 18.2 Å². The molecule has 1 saturated heterocycles. The molecule has 40 heavy (non-hydrogen) atoms. The quantitative estimate of drug-likeness (QED) is 0.443. The van der Waals surface area contributed by atoms with Gasteiger partial charge in [-0.25, -0.2) is 9.78 Å². The minimum atomic E-state index is -5.08. The summed E-state index contributed by atoms with van der Waals surface area (Å²) in [6, 6.07) is 9.30. The number of nitriles is 1. The topological polar surface area (TPSA) is 139 Å². The number of halogens is 3. The molecule has 3 N–H and O–H groups in total. The highest BCUT2D eigenvalue weighted by Gasteiger charge is 2.41. The first kappa shape index (κ1) is 30.8. The van der Waals surface area contributed by atoms with Gasteiger partial charge < -0.3 is 25.5 Å². The van der Waals surface area contributed by atoms with Gasteiger partial charge in [0.15, 0.2) is 5.13 Å². The number of likely N-dealkylation sites (N-methyl/N-ethyl adjacent to an activating group) is 1. The Morgan fingerprint density at radius 2 is 1.70 bits per heavy atom. The summed E-state index contributed by atoms with van der Waals surface area (Å²) in [5, 5.41) is 24.6. The number of nitrogens with zero attached hydrogens (tertiary/aromatic N) is 4. The third-order valence-electron chi connectivity index (χ3n) is 6.77. The Bertz CT molecular complexity index is 1210. The van der Waals surface area contributed by atoms with Crippen LogP contribution in [0.1, 0.15) is 42.5 Å². The average molecular weight is 581 g/mol. The standard InChI is InChI=1S/C24H30N6O2S.C2HF3O2/c1-29-13-15-30(16-14-29)23-27-20(17-33-23)18-5-7-19(8-6-18)21(31)28-24(9-3-2-4-10-24)22(32)26-12-11-25;3-2(4,5)1(6)7/h5-8,17H,2-4,9-10,12-16H2,1H3,(H,26,32)(H,28,31);(H,6,7). The molecule has 2 fully saturated rings. The molecule has 2 aromatic rings. The molecular weight excluding hydrogens is 549 g/mol. The van der Waals surface area contributed by atoms with Crippen LogP contribution in [0.25, 0.3) is 11.3 Å². The maximum absolute atomic E-state index is 13.0. The lowest BCUT2D eigenvalue weighted by molar-refractivity contribution is -0.192. The van der Waals surface area contributed by atoms with E-state index >= 15 is 0 Å². The van der Waals surface area contributed by atoms with Gasteiger partial charge in [-0.3, -0.25) is 9.59 Å². The number of benzene rings is 1. The van der Waals surface area contributed by atoms with Gasteiger partial charge in [0.2, 0.25) is 5.91 Å². The van der Waals surface area contributed by atoms with Crippen LogP contribution in [0.2, 0.25) is 0 Å². The van der Waals surface area contributed by atoms with Crippen molar-refractivity contribution in [3.8, 4) is 17.3 Å². The van der Waals surface area contributed by atoms with E-state index in [9.17, 15) is 22.8 Å². The van der Waals surface area contributed by atoms with E-state index in [2.05, 4.69) is 32.9 Å². The fourth-order valence-corrected chi connectivity index (χ4v) is 5.36. The van der Waals surface area contributed by atoms with Crippen molar-refractivity contribution < 1.29 is 32.7 Å². The van der Waals surface area contributed by atoms with Crippen molar-refractivity contribution in [3.63, 3.8) is 0 Å². The van der Waals surface area contributed by atoms with Crippen LogP contribution in [-0.4, -0.2) is 84.3 Å². The van der Waals surface area contributed by atoms with Crippen molar-refractivity contribution >= 4 is 34.3 Å². The maximum atomic E-state index is 13.0. The van der Waals surface area contributed by atoms with Crippen molar-refractivity contribution in [2.75, 3.05) is 44.7 Å². The van der Waals surface area contributed by atoms with Crippen molar-refractivity contribution in [1.29, 1.82) is 5.26 Å². The average Bonchev–Trinajstić information content (AvgIpc) is 3.43. The first-order valence-corrected chi connectivity index (χ1v) is 13.6. The molecule has 4 rings (SSSR count). The molecule has 0 radical (unpaired) electrons. The van der Waals surface area contributed by atoms with Gasteiger partial charge in [-0.1, -0.05) is 31.4 Å². The SMILES string of the molecule is CN1CCN(c2nc(-c3ccc(C(=O)NC4(C(=O)NCC#N)CCCCC4)cc3)cs2)CC1.O=C(O)C(F)(F)F. The third-order valence-corrected chi connectivity index (χ3v) is 7.68. The van der Waals surface area contributed by atoms with E-state index in [0.29, 0.717) is 18.4 Å². The minimum Gasteiger partial charge on any atom is -0.475 e. The number of thiazole rings is 1. The Morgan fingerprint density at radius 3 is 2.25 bits per heavy atom. The minimum absolute atomic E-state index is 0.0606. The third kappa shape index (κ3) is 8.15. The largest absolute Gasteiger partial charge is 0.490 e. The molecule has 0 unspecified atom stereocenters. The van der Waals surface area contributed by atoms with Crippen LogP contribution < -0.4 is 15.5 Å². The molecule has 1 aromatic heterocycles. The number of carbonyl (C=O) groups is 3. The fraction of sp³-hybridized carbons (Fsp3) is 0.500. The molecule has 2 aliphatic rings. The lowest BCUT2D eigenvalue weighted by atomic mass is 9.80. The molecule has 1 aliphatic heterocycles. The number of aliphatic carboxylic acids is 1. The van der Waals surface area contributed by atoms with E-state index in [0.717, 1.165) is 61.8 Å². The predicted octanol–water partition coefficient (Wildman–Crippen LogP) is 3.27. The number of hydrogen-bond donors (Lipinski definition) is 3. The summed E-state index contributed by atoms with van der Waals surface area (Å²) in [6.07, 6.45) is -1.12. The molecule has 10 nitrogen and oxygen atoms in total. The molecular formula is C26H31F3N6O4S. The predicted molar refractivity (Wildman–Crippen MR) is 143 cm³/mol. The maximum Gasteiger partial charge on any atom is 0.490 e. The zero-order chi connectivity index (χ0) is 29.3. The van der Waals surface area contributed by atoms with Crippen LogP contribution in [0.15, 0.2) is 29.6 Å². The van der Waals surface area contributed by atoms with Crippen LogP contribution in [0.3, 0.4) is 0 Å². The number of anilines is 1. The van der Waals surface area contributed by atoms with Crippen molar-refractivity contribution in [2.45, 2.75) is 43.8 Å². The molecule has 0 spiro atoms. The highest BCUT2D eigenvalue weighted by Crippen LogP contribution is 2.30. The molecule has 0 atom stereocenters. The van der Waals surface area contributed by atoms with Crippen LogP contribution in [0.4, 0.5) is 18.3 Å². The van der Waals surface area contributed by atoms with Crippen LogP contribution in [0.5, 0.6) is 0 Å². The number of aromatic nitrogens is 1. The first-order chi connectivity index (χ1) is 18.9. The molecule has 2 heterocycles. The Morgan fingerprint density at radius 1 is 1.10 bits per heavy atom. The Kier molecular flexibility index (Phi) is 10.5. The van der Waals surface area contributed by atoms with E-state index in [1.165, 1.54) is 0 Å². The summed E-state index contributed by atoms with van der Waals surface area (Å²) in [5.74, 6) is -3.30.